The van der Waals surface area contributed by atoms with E-state index in [1.165, 1.54) is 6.20 Å². The summed E-state index contributed by atoms with van der Waals surface area (Å²) in [5, 5.41) is 10.9. The molecule has 7 nitrogen and oxygen atoms in total. The number of pyridine rings is 1. The van der Waals surface area contributed by atoms with Gasteiger partial charge in [0.25, 0.3) is 11.8 Å². The first-order valence-electron chi connectivity index (χ1n) is 9.11. The highest BCUT2D eigenvalue weighted by Crippen LogP contribution is 2.23. The molecule has 30 heavy (non-hydrogen) atoms. The number of hydrogen-bond donors (Lipinski definition) is 1. The van der Waals surface area contributed by atoms with Crippen molar-refractivity contribution in [1.82, 2.24) is 15.2 Å². The van der Waals surface area contributed by atoms with Crippen LogP contribution in [0.25, 0.3) is 11.5 Å². The third-order valence-electron chi connectivity index (χ3n) is 4.28. The van der Waals surface area contributed by atoms with Crippen molar-refractivity contribution >= 4 is 27.5 Å². The molecule has 4 rings (SSSR count). The Morgan fingerprint density at radius 3 is 2.67 bits per heavy atom. The quantitative estimate of drug-likeness (QED) is 0.430. The van der Waals surface area contributed by atoms with E-state index in [2.05, 4.69) is 36.4 Å². The molecule has 8 heteroatoms. The van der Waals surface area contributed by atoms with Gasteiger partial charge in [0.1, 0.15) is 5.75 Å². The molecule has 2 aromatic carbocycles. The second-order valence-electron chi connectivity index (χ2n) is 6.47. The lowest BCUT2D eigenvalue weighted by Gasteiger charge is -2.07. The smallest absolute Gasteiger partial charge is 0.257 e. The SMILES string of the molecule is Cc1ccccc1-c1nnc(COc2ccc(NC(=O)c3cncc(Br)c3)cc2)o1. The van der Waals surface area contributed by atoms with Gasteiger partial charge in [-0.2, -0.15) is 0 Å². The highest BCUT2D eigenvalue weighted by atomic mass is 79.9. The van der Waals surface area contributed by atoms with E-state index in [4.69, 9.17) is 9.15 Å². The largest absolute Gasteiger partial charge is 0.484 e. The molecular formula is C22H17BrN4O3. The number of nitrogens with one attached hydrogen (secondary N) is 1. The Bertz CT molecular complexity index is 1170. The topological polar surface area (TPSA) is 90.1 Å². The minimum absolute atomic E-state index is 0.147. The van der Waals surface area contributed by atoms with Crippen molar-refractivity contribution in [1.29, 1.82) is 0 Å². The number of amides is 1. The maximum atomic E-state index is 12.3. The van der Waals surface area contributed by atoms with E-state index >= 15 is 0 Å². The Kier molecular flexibility index (Phi) is 5.85. The molecule has 2 heterocycles. The molecule has 0 aliphatic heterocycles. The molecule has 1 N–H and O–H groups in total. The van der Waals surface area contributed by atoms with Crippen molar-refractivity contribution in [2.45, 2.75) is 13.5 Å². The van der Waals surface area contributed by atoms with Crippen LogP contribution in [0.5, 0.6) is 5.75 Å². The number of carbonyl (C=O) groups is 1. The van der Waals surface area contributed by atoms with E-state index in [-0.39, 0.29) is 12.5 Å². The number of rotatable bonds is 6. The molecule has 150 valence electrons. The summed E-state index contributed by atoms with van der Waals surface area (Å²) in [6.07, 6.45) is 3.13. The fraction of sp³-hybridized carbons (Fsp3) is 0.0909. The van der Waals surface area contributed by atoms with E-state index in [1.54, 1.807) is 36.5 Å². The first-order valence-corrected chi connectivity index (χ1v) is 9.91. The lowest BCUT2D eigenvalue weighted by molar-refractivity contribution is 0.102. The van der Waals surface area contributed by atoms with Crippen LogP contribution in [-0.2, 0) is 6.61 Å². The molecule has 0 bridgehead atoms. The van der Waals surface area contributed by atoms with E-state index in [9.17, 15) is 4.79 Å². The number of hydrogen-bond acceptors (Lipinski definition) is 6. The van der Waals surface area contributed by atoms with E-state index in [0.29, 0.717) is 28.8 Å². The third kappa shape index (κ3) is 4.72. The summed E-state index contributed by atoms with van der Waals surface area (Å²) in [4.78, 5) is 16.3. The molecule has 0 atom stereocenters. The number of aromatic nitrogens is 3. The predicted octanol–water partition coefficient (Wildman–Crippen LogP) is 5.03. The Morgan fingerprint density at radius 2 is 1.90 bits per heavy atom. The number of carbonyl (C=O) groups excluding carboxylic acids is 1. The van der Waals surface area contributed by atoms with Crippen molar-refractivity contribution < 1.29 is 13.9 Å². The van der Waals surface area contributed by atoms with Crippen molar-refractivity contribution in [2.24, 2.45) is 0 Å². The molecule has 0 fully saturated rings. The van der Waals surface area contributed by atoms with Crippen LogP contribution < -0.4 is 10.1 Å². The fourth-order valence-corrected chi connectivity index (χ4v) is 3.12. The predicted molar refractivity (Wildman–Crippen MR) is 115 cm³/mol. The van der Waals surface area contributed by atoms with Crippen molar-refractivity contribution in [3.63, 3.8) is 0 Å². The number of halogens is 1. The molecule has 4 aromatic rings. The normalized spacial score (nSPS) is 10.6. The van der Waals surface area contributed by atoms with E-state index in [1.807, 2.05) is 31.2 Å². The summed E-state index contributed by atoms with van der Waals surface area (Å²) in [6.45, 7) is 2.14. The summed E-state index contributed by atoms with van der Waals surface area (Å²) >= 11 is 3.30. The van der Waals surface area contributed by atoms with Gasteiger partial charge in [-0.25, -0.2) is 0 Å². The summed E-state index contributed by atoms with van der Waals surface area (Å²) in [5.41, 5.74) is 3.07. The van der Waals surface area contributed by atoms with Crippen LogP contribution in [0.15, 0.2) is 75.9 Å². The van der Waals surface area contributed by atoms with E-state index < -0.39 is 0 Å². The van der Waals surface area contributed by atoms with Gasteiger partial charge >= 0.3 is 0 Å². The van der Waals surface area contributed by atoms with Gasteiger partial charge in [-0.3, -0.25) is 9.78 Å². The lowest BCUT2D eigenvalue weighted by Crippen LogP contribution is -2.12. The number of aryl methyl sites for hydroxylation is 1. The van der Waals surface area contributed by atoms with Gasteiger partial charge in [-0.05, 0) is 64.8 Å². The number of benzene rings is 2. The number of anilines is 1. The average molecular weight is 465 g/mol. The van der Waals surface area contributed by atoms with Gasteiger partial charge in [0.2, 0.25) is 5.89 Å². The maximum absolute atomic E-state index is 12.3. The van der Waals surface area contributed by atoms with Crippen molar-refractivity contribution in [3.05, 3.63) is 88.5 Å². The number of nitrogens with zero attached hydrogens (tertiary/aromatic N) is 3. The standard InChI is InChI=1S/C22H17BrN4O3/c1-14-4-2-3-5-19(14)22-27-26-20(30-22)13-29-18-8-6-17(7-9-18)25-21(28)15-10-16(23)12-24-11-15/h2-12H,13H2,1H3,(H,25,28). The summed E-state index contributed by atoms with van der Waals surface area (Å²) in [5.74, 6) is 1.22. The van der Waals surface area contributed by atoms with Gasteiger partial charge in [-0.1, -0.05) is 18.2 Å². The molecule has 1 amide bonds. The van der Waals surface area contributed by atoms with Crippen LogP contribution >= 0.6 is 15.9 Å². The van der Waals surface area contributed by atoms with Gasteiger partial charge in [0.05, 0.1) is 5.56 Å². The van der Waals surface area contributed by atoms with Crippen LogP contribution in [0, 0.1) is 6.92 Å². The molecule has 0 saturated carbocycles. The molecule has 0 aliphatic rings. The van der Waals surface area contributed by atoms with Crippen LogP contribution in [0.4, 0.5) is 5.69 Å². The zero-order chi connectivity index (χ0) is 20.9. The molecule has 0 spiro atoms. The zero-order valence-electron chi connectivity index (χ0n) is 16.0. The summed E-state index contributed by atoms with van der Waals surface area (Å²) in [6, 6.07) is 16.5. The summed E-state index contributed by atoms with van der Waals surface area (Å²) in [7, 11) is 0. The van der Waals surface area contributed by atoms with Crippen molar-refractivity contribution in [3.8, 4) is 17.2 Å². The van der Waals surface area contributed by atoms with Crippen molar-refractivity contribution in [2.75, 3.05) is 5.32 Å². The Labute approximate surface area is 181 Å². The Balaban J connectivity index is 1.35. The van der Waals surface area contributed by atoms with E-state index in [0.717, 1.165) is 15.6 Å². The second-order valence-corrected chi connectivity index (χ2v) is 7.39. The fourth-order valence-electron chi connectivity index (χ4n) is 2.75. The van der Waals surface area contributed by atoms with Gasteiger partial charge in [0.15, 0.2) is 6.61 Å². The maximum Gasteiger partial charge on any atom is 0.257 e. The molecular weight excluding hydrogens is 448 g/mol. The van der Waals surface area contributed by atoms with Gasteiger partial charge in [0, 0.05) is 28.1 Å². The van der Waals surface area contributed by atoms with Gasteiger partial charge < -0.3 is 14.5 Å². The number of ether oxygens (including phenoxy) is 1. The van der Waals surface area contributed by atoms with Crippen LogP contribution in [0.2, 0.25) is 0 Å². The zero-order valence-corrected chi connectivity index (χ0v) is 17.6. The molecule has 0 unspecified atom stereocenters. The molecule has 2 aromatic heterocycles. The minimum Gasteiger partial charge on any atom is -0.484 e. The molecule has 0 radical (unpaired) electrons. The average Bonchev–Trinajstić information content (AvgIpc) is 3.22. The second kappa shape index (κ2) is 8.87. The molecule has 0 saturated heterocycles. The Morgan fingerprint density at radius 1 is 1.10 bits per heavy atom. The third-order valence-corrected chi connectivity index (χ3v) is 4.72. The lowest BCUT2D eigenvalue weighted by atomic mass is 10.1. The molecule has 0 aliphatic carbocycles. The van der Waals surface area contributed by atoms with Crippen LogP contribution in [0.1, 0.15) is 21.8 Å². The monoisotopic (exact) mass is 464 g/mol. The highest BCUT2D eigenvalue weighted by molar-refractivity contribution is 9.10. The first-order chi connectivity index (χ1) is 14.6. The highest BCUT2D eigenvalue weighted by Gasteiger charge is 2.11. The Hall–Kier alpha value is -3.52. The summed E-state index contributed by atoms with van der Waals surface area (Å²) < 4.78 is 12.1. The van der Waals surface area contributed by atoms with Crippen LogP contribution in [-0.4, -0.2) is 21.1 Å². The minimum atomic E-state index is -0.243. The van der Waals surface area contributed by atoms with Crippen LogP contribution in [0.3, 0.4) is 0 Å². The first kappa shape index (κ1) is 19.8. The van der Waals surface area contributed by atoms with Gasteiger partial charge in [-0.15, -0.1) is 10.2 Å².